The van der Waals surface area contributed by atoms with Gasteiger partial charge in [-0.3, -0.25) is 9.59 Å². The van der Waals surface area contributed by atoms with Gasteiger partial charge in [-0.1, -0.05) is 30.3 Å². The Balaban J connectivity index is 0.00000450. The first kappa shape index (κ1) is 25.0. The summed E-state index contributed by atoms with van der Waals surface area (Å²) in [6, 6.07) is 7.72. The van der Waals surface area contributed by atoms with Crippen molar-refractivity contribution in [3.05, 3.63) is 41.7 Å². The van der Waals surface area contributed by atoms with Crippen molar-refractivity contribution < 1.29 is 24.2 Å². The Bertz CT molecular complexity index is 829. The Labute approximate surface area is 179 Å². The van der Waals surface area contributed by atoms with E-state index in [-0.39, 0.29) is 25.6 Å². The highest BCUT2D eigenvalue weighted by Gasteiger charge is 2.25. The zero-order chi connectivity index (χ0) is 21.2. The van der Waals surface area contributed by atoms with E-state index in [1.54, 1.807) is 24.3 Å². The van der Waals surface area contributed by atoms with Crippen LogP contribution < -0.4 is 5.32 Å². The molecule has 2 aromatic rings. The Morgan fingerprint density at radius 2 is 1.93 bits per heavy atom. The van der Waals surface area contributed by atoms with Crippen LogP contribution in [0.3, 0.4) is 0 Å². The SMILES string of the molecule is CN(C)CCc1nnnn1CC(=O)C(CC(=O)O)NC(=O)OCc1ccccc1.Cl. The molecule has 0 fully saturated rings. The molecule has 0 aliphatic carbocycles. The van der Waals surface area contributed by atoms with E-state index < -0.39 is 30.3 Å². The number of carbonyl (C=O) groups excluding carboxylic acids is 2. The van der Waals surface area contributed by atoms with Crippen LogP contribution in [0, 0.1) is 0 Å². The number of Topliss-reactive ketones (excluding diaryl/α,β-unsaturated/α-hetero) is 1. The normalized spacial score (nSPS) is 11.4. The topological polar surface area (TPSA) is 140 Å². The number of nitrogens with one attached hydrogen (secondary N) is 1. The summed E-state index contributed by atoms with van der Waals surface area (Å²) in [4.78, 5) is 37.7. The summed E-state index contributed by atoms with van der Waals surface area (Å²) in [5.74, 6) is -1.27. The molecule has 0 aliphatic heterocycles. The molecular formula is C18H25ClN6O5. The highest BCUT2D eigenvalue weighted by molar-refractivity contribution is 5.90. The number of rotatable bonds is 11. The molecule has 30 heavy (non-hydrogen) atoms. The van der Waals surface area contributed by atoms with Crippen molar-refractivity contribution in [2.45, 2.75) is 32.0 Å². The van der Waals surface area contributed by atoms with Gasteiger partial charge in [0.2, 0.25) is 0 Å². The number of carboxylic acid groups (broad SMARTS) is 1. The maximum absolute atomic E-state index is 12.6. The summed E-state index contributed by atoms with van der Waals surface area (Å²) >= 11 is 0. The molecule has 0 radical (unpaired) electrons. The summed E-state index contributed by atoms with van der Waals surface area (Å²) in [7, 11) is 3.79. The lowest BCUT2D eigenvalue weighted by Crippen LogP contribution is -2.44. The van der Waals surface area contributed by atoms with Gasteiger partial charge in [0, 0.05) is 13.0 Å². The minimum Gasteiger partial charge on any atom is -0.481 e. The van der Waals surface area contributed by atoms with Crippen LogP contribution in [0.25, 0.3) is 0 Å². The van der Waals surface area contributed by atoms with E-state index in [1.165, 1.54) is 4.68 Å². The van der Waals surface area contributed by atoms with Crippen molar-refractivity contribution >= 4 is 30.3 Å². The van der Waals surface area contributed by atoms with E-state index >= 15 is 0 Å². The third kappa shape index (κ3) is 8.53. The van der Waals surface area contributed by atoms with E-state index in [0.717, 1.165) is 5.56 Å². The Hall–Kier alpha value is -3.05. The van der Waals surface area contributed by atoms with E-state index in [9.17, 15) is 14.4 Å². The van der Waals surface area contributed by atoms with Gasteiger partial charge >= 0.3 is 12.1 Å². The second-order valence-electron chi connectivity index (χ2n) is 6.63. The van der Waals surface area contributed by atoms with E-state index in [1.807, 2.05) is 25.1 Å². The highest BCUT2D eigenvalue weighted by Crippen LogP contribution is 2.04. The van der Waals surface area contributed by atoms with Gasteiger partial charge in [-0.25, -0.2) is 9.48 Å². The van der Waals surface area contributed by atoms with Gasteiger partial charge in [-0.05, 0) is 30.1 Å². The zero-order valence-corrected chi connectivity index (χ0v) is 17.5. The fraction of sp³-hybridized carbons (Fsp3) is 0.444. The number of benzene rings is 1. The fourth-order valence-electron chi connectivity index (χ4n) is 2.43. The van der Waals surface area contributed by atoms with Gasteiger partial charge < -0.3 is 20.1 Å². The number of ether oxygens (including phenoxy) is 1. The number of halogens is 1. The first-order chi connectivity index (χ1) is 13.8. The summed E-state index contributed by atoms with van der Waals surface area (Å²) in [6.07, 6.45) is -0.935. The Kier molecular flexibility index (Phi) is 10.4. The summed E-state index contributed by atoms with van der Waals surface area (Å²) in [5, 5.41) is 22.6. The van der Waals surface area contributed by atoms with Crippen LogP contribution in [-0.4, -0.2) is 74.7 Å². The van der Waals surface area contributed by atoms with Crippen LogP contribution in [0.4, 0.5) is 4.79 Å². The van der Waals surface area contributed by atoms with Crippen molar-refractivity contribution in [1.29, 1.82) is 0 Å². The number of hydrogen-bond acceptors (Lipinski definition) is 8. The minimum atomic E-state index is -1.26. The highest BCUT2D eigenvalue weighted by atomic mass is 35.5. The van der Waals surface area contributed by atoms with Crippen molar-refractivity contribution in [3.63, 3.8) is 0 Å². The average molecular weight is 441 g/mol. The molecule has 12 heteroatoms. The number of amides is 1. The smallest absolute Gasteiger partial charge is 0.408 e. The monoisotopic (exact) mass is 440 g/mol. The fourth-order valence-corrected chi connectivity index (χ4v) is 2.43. The number of alkyl carbamates (subject to hydrolysis) is 1. The van der Waals surface area contributed by atoms with Gasteiger partial charge in [0.25, 0.3) is 0 Å². The van der Waals surface area contributed by atoms with Crippen LogP contribution in [0.2, 0.25) is 0 Å². The van der Waals surface area contributed by atoms with Crippen molar-refractivity contribution in [1.82, 2.24) is 30.4 Å². The lowest BCUT2D eigenvalue weighted by atomic mass is 10.1. The molecule has 1 aromatic heterocycles. The Morgan fingerprint density at radius 3 is 2.57 bits per heavy atom. The maximum Gasteiger partial charge on any atom is 0.408 e. The molecule has 164 valence electrons. The van der Waals surface area contributed by atoms with E-state index in [0.29, 0.717) is 18.8 Å². The standard InChI is InChI=1S/C18H24N6O5.ClH/c1-23(2)9-8-16-20-21-22-24(16)11-15(25)14(10-17(26)27)19-18(28)29-12-13-6-4-3-5-7-13;/h3-7,14H,8-12H2,1-2H3,(H,19,28)(H,26,27);1H. The van der Waals surface area contributed by atoms with Crippen molar-refractivity contribution in [2.75, 3.05) is 20.6 Å². The largest absolute Gasteiger partial charge is 0.481 e. The molecule has 2 N–H and O–H groups in total. The molecule has 0 bridgehead atoms. The van der Waals surface area contributed by atoms with Gasteiger partial charge in [-0.15, -0.1) is 17.5 Å². The summed E-state index contributed by atoms with van der Waals surface area (Å²) in [6.45, 7) is 0.423. The van der Waals surface area contributed by atoms with Crippen molar-refractivity contribution in [2.24, 2.45) is 0 Å². The third-order valence-corrected chi connectivity index (χ3v) is 3.97. The molecule has 1 aromatic carbocycles. The molecule has 1 heterocycles. The predicted octanol–water partition coefficient (Wildman–Crippen LogP) is 0.538. The summed E-state index contributed by atoms with van der Waals surface area (Å²) < 4.78 is 6.37. The van der Waals surface area contributed by atoms with Gasteiger partial charge in [0.15, 0.2) is 11.6 Å². The number of aromatic nitrogens is 4. The molecule has 1 atom stereocenters. The number of likely N-dealkylation sites (N-methyl/N-ethyl adjacent to an activating group) is 1. The molecule has 2 rings (SSSR count). The number of ketones is 1. The van der Waals surface area contributed by atoms with E-state index in [2.05, 4.69) is 20.8 Å². The van der Waals surface area contributed by atoms with Crippen LogP contribution >= 0.6 is 12.4 Å². The average Bonchev–Trinajstić information content (AvgIpc) is 3.11. The van der Waals surface area contributed by atoms with Gasteiger partial charge in [-0.2, -0.15) is 0 Å². The molecule has 1 amide bonds. The van der Waals surface area contributed by atoms with Crippen LogP contribution in [0.1, 0.15) is 17.8 Å². The maximum atomic E-state index is 12.6. The molecular weight excluding hydrogens is 416 g/mol. The second-order valence-corrected chi connectivity index (χ2v) is 6.63. The number of nitrogens with zero attached hydrogens (tertiary/aromatic N) is 5. The lowest BCUT2D eigenvalue weighted by Gasteiger charge is -2.16. The molecule has 11 nitrogen and oxygen atoms in total. The third-order valence-electron chi connectivity index (χ3n) is 3.97. The molecule has 0 saturated carbocycles. The molecule has 0 spiro atoms. The first-order valence-electron chi connectivity index (χ1n) is 8.96. The van der Waals surface area contributed by atoms with Crippen molar-refractivity contribution in [3.8, 4) is 0 Å². The van der Waals surface area contributed by atoms with Crippen LogP contribution in [0.5, 0.6) is 0 Å². The minimum absolute atomic E-state index is 0. The molecule has 0 saturated heterocycles. The van der Waals surface area contributed by atoms with Gasteiger partial charge in [0.1, 0.15) is 19.2 Å². The second kappa shape index (κ2) is 12.5. The number of carboxylic acids is 1. The number of tetrazole rings is 1. The number of hydrogen-bond donors (Lipinski definition) is 2. The zero-order valence-electron chi connectivity index (χ0n) is 16.7. The molecule has 0 aliphatic rings. The van der Waals surface area contributed by atoms with Gasteiger partial charge in [0.05, 0.1) is 6.42 Å². The molecule has 1 unspecified atom stereocenters. The first-order valence-corrected chi connectivity index (χ1v) is 8.96. The van der Waals surface area contributed by atoms with Crippen LogP contribution in [-0.2, 0) is 33.9 Å². The van der Waals surface area contributed by atoms with E-state index in [4.69, 9.17) is 9.84 Å². The van der Waals surface area contributed by atoms with Crippen LogP contribution in [0.15, 0.2) is 30.3 Å². The Morgan fingerprint density at radius 1 is 1.23 bits per heavy atom. The lowest BCUT2D eigenvalue weighted by molar-refractivity contribution is -0.139. The quantitative estimate of drug-likeness (QED) is 0.512. The number of carbonyl (C=O) groups is 3. The predicted molar refractivity (Wildman–Crippen MR) is 108 cm³/mol. The number of aliphatic carboxylic acids is 1. The summed E-state index contributed by atoms with van der Waals surface area (Å²) in [5.41, 5.74) is 0.767.